The van der Waals surface area contributed by atoms with Gasteiger partial charge < -0.3 is 14.5 Å². The maximum Gasteiger partial charge on any atom is 0.228 e. The molecule has 0 bridgehead atoms. The number of pyridine rings is 1. The Morgan fingerprint density at radius 3 is 2.81 bits per heavy atom. The molecule has 2 aliphatic heterocycles. The highest BCUT2D eigenvalue weighted by Crippen LogP contribution is 2.36. The number of nitrogens with zero attached hydrogens (tertiary/aromatic N) is 5. The molecule has 0 aliphatic carbocycles. The van der Waals surface area contributed by atoms with E-state index in [9.17, 15) is 4.79 Å². The Hall–Kier alpha value is -2.12. The Labute approximate surface area is 163 Å². The highest BCUT2D eigenvalue weighted by Gasteiger charge is 2.39. The van der Waals surface area contributed by atoms with Gasteiger partial charge in [0.2, 0.25) is 5.91 Å². The number of aromatic nitrogens is 3. The minimum atomic E-state index is -0.189. The van der Waals surface area contributed by atoms with Gasteiger partial charge in [-0.25, -0.2) is 0 Å². The lowest BCUT2D eigenvalue weighted by Gasteiger charge is -2.37. The average Bonchev–Trinajstić information content (AvgIpc) is 3.37. The summed E-state index contributed by atoms with van der Waals surface area (Å²) in [6.45, 7) is 6.38. The summed E-state index contributed by atoms with van der Waals surface area (Å²) in [5, 5.41) is 4.97. The van der Waals surface area contributed by atoms with Crippen LogP contribution in [0.25, 0.3) is 0 Å². The third-order valence-electron chi connectivity index (χ3n) is 5.40. The molecule has 2 aromatic rings. The number of carbonyl (C=O) groups excluding carboxylic acids is 1. The predicted octanol–water partition coefficient (Wildman–Crippen LogP) is 2.38. The van der Waals surface area contributed by atoms with Gasteiger partial charge in [0.05, 0.1) is 28.9 Å². The summed E-state index contributed by atoms with van der Waals surface area (Å²) in [5.41, 5.74) is 1.97. The lowest BCUT2D eigenvalue weighted by atomic mass is 9.95. The van der Waals surface area contributed by atoms with Gasteiger partial charge in [-0.05, 0) is 19.4 Å². The Morgan fingerprint density at radius 2 is 2.11 bits per heavy atom. The van der Waals surface area contributed by atoms with Gasteiger partial charge >= 0.3 is 0 Å². The second-order valence-electron chi connectivity index (χ2n) is 6.96. The van der Waals surface area contributed by atoms with Gasteiger partial charge in [0, 0.05) is 63.5 Å². The first kappa shape index (κ1) is 18.3. The maximum absolute atomic E-state index is 13.1. The minimum absolute atomic E-state index is 0.129. The molecule has 0 radical (unpaired) electrons. The fourth-order valence-electron chi connectivity index (χ4n) is 3.90. The summed E-state index contributed by atoms with van der Waals surface area (Å²) < 4.78 is 7.76. The maximum atomic E-state index is 13.1. The monoisotopic (exact) mass is 389 g/mol. The van der Waals surface area contributed by atoms with Crippen LogP contribution in [0.15, 0.2) is 30.9 Å². The van der Waals surface area contributed by atoms with Crippen LogP contribution >= 0.6 is 11.6 Å². The summed E-state index contributed by atoms with van der Waals surface area (Å²) in [4.78, 5) is 21.3. The zero-order chi connectivity index (χ0) is 18.8. The second kappa shape index (κ2) is 7.86. The number of amides is 1. The molecule has 144 valence electrons. The fourth-order valence-corrected chi connectivity index (χ4v) is 4.14. The summed E-state index contributed by atoms with van der Waals surface area (Å²) in [5.74, 6) is 0.0535. The van der Waals surface area contributed by atoms with Gasteiger partial charge in [-0.3, -0.25) is 14.5 Å². The number of piperazine rings is 1. The number of halogens is 1. The summed E-state index contributed by atoms with van der Waals surface area (Å²) in [6.07, 6.45) is 7.78. The smallest absolute Gasteiger partial charge is 0.228 e. The molecule has 2 aliphatic rings. The molecule has 1 amide bonds. The van der Waals surface area contributed by atoms with Crippen LogP contribution in [-0.2, 0) is 16.1 Å². The lowest BCUT2D eigenvalue weighted by molar-refractivity contribution is -0.137. The number of ether oxygens (including phenoxy) is 1. The van der Waals surface area contributed by atoms with E-state index in [1.54, 1.807) is 12.4 Å². The molecule has 4 rings (SSSR count). The van der Waals surface area contributed by atoms with E-state index in [-0.39, 0.29) is 17.9 Å². The molecular formula is C19H24ClN5O2. The van der Waals surface area contributed by atoms with Crippen molar-refractivity contribution in [2.24, 2.45) is 5.92 Å². The van der Waals surface area contributed by atoms with Crippen molar-refractivity contribution in [3.05, 3.63) is 41.4 Å². The average molecular weight is 390 g/mol. The standard InChI is InChI=1S/C19H24ClN5O2/c1-2-25-13-14(11-22-25)18-15(4-10-27-18)19(26)24-8-6-23(7-9-24)17-3-5-21-12-16(17)20/h3,5,11-13,15,18H,2,4,6-10H2,1H3/t15-,18+/m0/s1. The van der Waals surface area contributed by atoms with Gasteiger partial charge in [0.25, 0.3) is 0 Å². The number of carbonyl (C=O) groups is 1. The van der Waals surface area contributed by atoms with Gasteiger partial charge in [-0.15, -0.1) is 0 Å². The van der Waals surface area contributed by atoms with Crippen molar-refractivity contribution in [2.75, 3.05) is 37.7 Å². The topological polar surface area (TPSA) is 63.5 Å². The van der Waals surface area contributed by atoms with Crippen LogP contribution in [0.5, 0.6) is 0 Å². The number of rotatable bonds is 4. The molecule has 2 saturated heterocycles. The van der Waals surface area contributed by atoms with Crippen LogP contribution in [-0.4, -0.2) is 58.4 Å². The van der Waals surface area contributed by atoms with Crippen LogP contribution in [0.3, 0.4) is 0 Å². The Kier molecular flexibility index (Phi) is 5.31. The molecule has 0 spiro atoms. The summed E-state index contributed by atoms with van der Waals surface area (Å²) in [7, 11) is 0. The van der Waals surface area contributed by atoms with E-state index in [4.69, 9.17) is 16.3 Å². The first-order chi connectivity index (χ1) is 13.2. The zero-order valence-corrected chi connectivity index (χ0v) is 16.2. The lowest BCUT2D eigenvalue weighted by Crippen LogP contribution is -2.50. The Balaban J connectivity index is 1.40. The molecule has 0 N–H and O–H groups in total. The zero-order valence-electron chi connectivity index (χ0n) is 15.4. The van der Waals surface area contributed by atoms with Crippen LogP contribution in [0.2, 0.25) is 5.02 Å². The molecule has 0 saturated carbocycles. The molecule has 0 unspecified atom stereocenters. The number of aryl methyl sites for hydroxylation is 1. The highest BCUT2D eigenvalue weighted by atomic mass is 35.5. The molecular weight excluding hydrogens is 366 g/mol. The van der Waals surface area contributed by atoms with Crippen molar-refractivity contribution in [3.63, 3.8) is 0 Å². The van der Waals surface area contributed by atoms with Crippen LogP contribution in [0, 0.1) is 5.92 Å². The summed E-state index contributed by atoms with van der Waals surface area (Å²) >= 11 is 6.25. The molecule has 27 heavy (non-hydrogen) atoms. The molecule has 2 aromatic heterocycles. The van der Waals surface area contributed by atoms with Crippen molar-refractivity contribution in [3.8, 4) is 0 Å². The van der Waals surface area contributed by atoms with Gasteiger partial charge in [-0.1, -0.05) is 11.6 Å². The minimum Gasteiger partial charge on any atom is -0.373 e. The molecule has 2 fully saturated rings. The van der Waals surface area contributed by atoms with Crippen molar-refractivity contribution in [1.82, 2.24) is 19.7 Å². The van der Waals surface area contributed by atoms with Crippen LogP contribution < -0.4 is 4.90 Å². The van der Waals surface area contributed by atoms with Gasteiger partial charge in [0.1, 0.15) is 0 Å². The highest BCUT2D eigenvalue weighted by molar-refractivity contribution is 6.33. The van der Waals surface area contributed by atoms with Gasteiger partial charge in [0.15, 0.2) is 0 Å². The Morgan fingerprint density at radius 1 is 1.30 bits per heavy atom. The predicted molar refractivity (Wildman–Crippen MR) is 103 cm³/mol. The van der Waals surface area contributed by atoms with E-state index in [0.717, 1.165) is 37.3 Å². The number of hydrogen-bond acceptors (Lipinski definition) is 5. The van der Waals surface area contributed by atoms with E-state index in [0.29, 0.717) is 24.7 Å². The quantitative estimate of drug-likeness (QED) is 0.803. The molecule has 2 atom stereocenters. The second-order valence-corrected chi connectivity index (χ2v) is 7.36. The molecule has 7 nitrogen and oxygen atoms in total. The number of anilines is 1. The van der Waals surface area contributed by atoms with Crippen molar-refractivity contribution < 1.29 is 9.53 Å². The van der Waals surface area contributed by atoms with Gasteiger partial charge in [-0.2, -0.15) is 5.10 Å². The molecule has 8 heteroatoms. The van der Waals surface area contributed by atoms with Crippen LogP contribution in [0.4, 0.5) is 5.69 Å². The van der Waals surface area contributed by atoms with E-state index in [2.05, 4.69) is 15.0 Å². The largest absolute Gasteiger partial charge is 0.373 e. The SMILES string of the molecule is CCn1cc([C@H]2OCC[C@@H]2C(=O)N2CCN(c3ccncc3Cl)CC2)cn1. The molecule has 4 heterocycles. The Bertz CT molecular complexity index is 803. The molecule has 0 aromatic carbocycles. The van der Waals surface area contributed by atoms with Crippen molar-refractivity contribution in [1.29, 1.82) is 0 Å². The number of hydrogen-bond donors (Lipinski definition) is 0. The van der Waals surface area contributed by atoms with E-state index >= 15 is 0 Å². The van der Waals surface area contributed by atoms with Crippen molar-refractivity contribution >= 4 is 23.2 Å². The third kappa shape index (κ3) is 3.66. The van der Waals surface area contributed by atoms with E-state index in [1.165, 1.54) is 0 Å². The normalized spacial score (nSPS) is 23.0. The first-order valence-corrected chi connectivity index (χ1v) is 9.82. The third-order valence-corrected chi connectivity index (χ3v) is 5.69. The van der Waals surface area contributed by atoms with E-state index < -0.39 is 0 Å². The summed E-state index contributed by atoms with van der Waals surface area (Å²) in [6, 6.07) is 1.92. The van der Waals surface area contributed by atoms with Crippen molar-refractivity contribution in [2.45, 2.75) is 26.0 Å². The van der Waals surface area contributed by atoms with E-state index in [1.807, 2.05) is 35.0 Å². The fraction of sp³-hybridized carbons (Fsp3) is 0.526. The van der Waals surface area contributed by atoms with Crippen LogP contribution in [0.1, 0.15) is 25.0 Å². The first-order valence-electron chi connectivity index (χ1n) is 9.44.